The zero-order valence-electron chi connectivity index (χ0n) is 9.74. The number of nitrogens with two attached hydrogens (primary N) is 1. The molecule has 0 heterocycles. The normalized spacial score (nSPS) is 11.2. The van der Waals surface area contributed by atoms with Crippen LogP contribution in [0.15, 0.2) is 30.3 Å². The minimum absolute atomic E-state index is 0. The second-order valence-corrected chi connectivity index (χ2v) is 3.63. The van der Waals surface area contributed by atoms with Crippen LogP contribution in [0.25, 0.3) is 0 Å². The maximum atomic E-state index is 11.4. The molecule has 1 rings (SSSR count). The highest BCUT2D eigenvalue weighted by molar-refractivity contribution is 5.85. The molecule has 1 unspecified atom stereocenters. The third-order valence-electron chi connectivity index (χ3n) is 2.20. The fraction of sp³-hybridized carbons (Fsp3) is 0.333. The third-order valence-corrected chi connectivity index (χ3v) is 2.20. The van der Waals surface area contributed by atoms with Crippen LogP contribution in [-0.4, -0.2) is 23.1 Å². The summed E-state index contributed by atoms with van der Waals surface area (Å²) in [5.41, 5.74) is 6.36. The lowest BCUT2D eigenvalue weighted by Gasteiger charge is -2.10. The Hall–Kier alpha value is -1.59. The van der Waals surface area contributed by atoms with Gasteiger partial charge in [0.05, 0.1) is 0 Å². The average Bonchev–Trinajstić information content (AvgIpc) is 2.34. The lowest BCUT2D eigenvalue weighted by molar-refractivity contribution is -0.147. The van der Waals surface area contributed by atoms with Gasteiger partial charge in [0.15, 0.2) is 0 Å². The zero-order valence-corrected chi connectivity index (χ0v) is 10.6. The smallest absolute Gasteiger partial charge is 0.323 e. The molecule has 100 valence electrons. The van der Waals surface area contributed by atoms with Crippen molar-refractivity contribution in [2.75, 3.05) is 0 Å². The Bertz CT molecular complexity index is 383. The van der Waals surface area contributed by atoms with Crippen molar-refractivity contribution in [2.45, 2.75) is 25.5 Å². The molecule has 0 aliphatic heterocycles. The lowest BCUT2D eigenvalue weighted by Crippen LogP contribution is -2.32. The van der Waals surface area contributed by atoms with E-state index in [0.29, 0.717) is 0 Å². The van der Waals surface area contributed by atoms with Gasteiger partial charge in [-0.25, -0.2) is 0 Å². The number of rotatable bonds is 6. The van der Waals surface area contributed by atoms with Crippen LogP contribution >= 0.6 is 12.4 Å². The molecular formula is C12H16ClNO4. The van der Waals surface area contributed by atoms with E-state index in [1.165, 1.54) is 0 Å². The Morgan fingerprint density at radius 2 is 1.89 bits per heavy atom. The van der Waals surface area contributed by atoms with Gasteiger partial charge in [0.2, 0.25) is 0 Å². The number of carboxylic acids is 1. The van der Waals surface area contributed by atoms with Gasteiger partial charge in [0.1, 0.15) is 12.6 Å². The Morgan fingerprint density at radius 1 is 1.28 bits per heavy atom. The van der Waals surface area contributed by atoms with Crippen LogP contribution in [0.5, 0.6) is 0 Å². The van der Waals surface area contributed by atoms with Crippen LogP contribution in [0.1, 0.15) is 18.4 Å². The first-order valence-corrected chi connectivity index (χ1v) is 5.27. The molecule has 18 heavy (non-hydrogen) atoms. The molecular weight excluding hydrogens is 258 g/mol. The third kappa shape index (κ3) is 6.22. The molecule has 3 N–H and O–H groups in total. The first-order chi connectivity index (χ1) is 8.09. The Morgan fingerprint density at radius 3 is 2.44 bits per heavy atom. The van der Waals surface area contributed by atoms with E-state index in [1.807, 2.05) is 30.3 Å². The van der Waals surface area contributed by atoms with Gasteiger partial charge in [-0.1, -0.05) is 30.3 Å². The van der Waals surface area contributed by atoms with Gasteiger partial charge in [-0.15, -0.1) is 12.4 Å². The minimum Gasteiger partial charge on any atom is -0.481 e. The first kappa shape index (κ1) is 16.4. The molecule has 0 spiro atoms. The molecule has 0 amide bonds. The van der Waals surface area contributed by atoms with E-state index in [1.54, 1.807) is 0 Å². The number of halogens is 1. The molecule has 1 atom stereocenters. The molecule has 0 saturated heterocycles. The standard InChI is InChI=1S/C12H15NO4.ClH/c13-10(6-7-11(14)15)12(16)17-8-9-4-2-1-3-5-9;/h1-5,10H,6-8,13H2,(H,14,15);1H. The number of hydrogen-bond acceptors (Lipinski definition) is 4. The summed E-state index contributed by atoms with van der Waals surface area (Å²) >= 11 is 0. The SMILES string of the molecule is Cl.NC(CCC(=O)O)C(=O)OCc1ccccc1. The van der Waals surface area contributed by atoms with Crippen LogP contribution in [0.4, 0.5) is 0 Å². The van der Waals surface area contributed by atoms with Gasteiger partial charge in [0, 0.05) is 6.42 Å². The average molecular weight is 274 g/mol. The second kappa shape index (κ2) is 8.49. The zero-order chi connectivity index (χ0) is 12.7. The van der Waals surface area contributed by atoms with Gasteiger partial charge in [-0.05, 0) is 12.0 Å². The topological polar surface area (TPSA) is 89.6 Å². The van der Waals surface area contributed by atoms with Gasteiger partial charge in [-0.3, -0.25) is 9.59 Å². The van der Waals surface area contributed by atoms with Gasteiger partial charge in [0.25, 0.3) is 0 Å². The van der Waals surface area contributed by atoms with Crippen LogP contribution in [0.2, 0.25) is 0 Å². The van der Waals surface area contributed by atoms with E-state index < -0.39 is 18.0 Å². The monoisotopic (exact) mass is 273 g/mol. The summed E-state index contributed by atoms with van der Waals surface area (Å²) in [7, 11) is 0. The summed E-state index contributed by atoms with van der Waals surface area (Å²) in [6.45, 7) is 0.153. The molecule has 1 aromatic carbocycles. The minimum atomic E-state index is -0.976. The van der Waals surface area contributed by atoms with E-state index in [9.17, 15) is 9.59 Å². The van der Waals surface area contributed by atoms with Crippen molar-refractivity contribution in [1.29, 1.82) is 0 Å². The number of benzene rings is 1. The van der Waals surface area contributed by atoms with Crippen molar-refractivity contribution in [2.24, 2.45) is 5.73 Å². The number of aliphatic carboxylic acids is 1. The summed E-state index contributed by atoms with van der Waals surface area (Å²) in [6.07, 6.45) is -0.0510. The number of esters is 1. The van der Waals surface area contributed by atoms with E-state index in [4.69, 9.17) is 15.6 Å². The van der Waals surface area contributed by atoms with Gasteiger partial charge in [-0.2, -0.15) is 0 Å². The Labute approximate surface area is 111 Å². The highest BCUT2D eigenvalue weighted by Crippen LogP contribution is 2.03. The van der Waals surface area contributed by atoms with Gasteiger partial charge < -0.3 is 15.6 Å². The number of hydrogen-bond donors (Lipinski definition) is 2. The van der Waals surface area contributed by atoms with E-state index in [-0.39, 0.29) is 31.9 Å². The molecule has 0 aliphatic rings. The van der Waals surface area contributed by atoms with Crippen LogP contribution in [0.3, 0.4) is 0 Å². The van der Waals surface area contributed by atoms with Crippen molar-refractivity contribution in [3.63, 3.8) is 0 Å². The fourth-order valence-electron chi connectivity index (χ4n) is 1.23. The van der Waals surface area contributed by atoms with E-state index in [2.05, 4.69) is 0 Å². The van der Waals surface area contributed by atoms with Crippen molar-refractivity contribution < 1.29 is 19.4 Å². The molecule has 0 saturated carbocycles. The predicted octanol–water partition coefficient (Wildman–Crippen LogP) is 1.34. The van der Waals surface area contributed by atoms with Gasteiger partial charge >= 0.3 is 11.9 Å². The number of carbonyl (C=O) groups is 2. The van der Waals surface area contributed by atoms with Crippen molar-refractivity contribution in [1.82, 2.24) is 0 Å². The fourth-order valence-corrected chi connectivity index (χ4v) is 1.23. The summed E-state index contributed by atoms with van der Waals surface area (Å²) in [5, 5.41) is 8.44. The number of carbonyl (C=O) groups excluding carboxylic acids is 1. The Balaban J connectivity index is 0.00000289. The van der Waals surface area contributed by atoms with E-state index in [0.717, 1.165) is 5.56 Å². The molecule has 1 aromatic rings. The van der Waals surface area contributed by atoms with Crippen LogP contribution in [0, 0.1) is 0 Å². The summed E-state index contributed by atoms with van der Waals surface area (Å²) in [6, 6.07) is 8.33. The highest BCUT2D eigenvalue weighted by Gasteiger charge is 2.16. The highest BCUT2D eigenvalue weighted by atomic mass is 35.5. The Kier molecular flexibility index (Phi) is 7.74. The van der Waals surface area contributed by atoms with Crippen molar-refractivity contribution in [3.05, 3.63) is 35.9 Å². The maximum Gasteiger partial charge on any atom is 0.323 e. The number of carboxylic acid groups (broad SMARTS) is 1. The summed E-state index contributed by atoms with van der Waals surface area (Å²) in [5.74, 6) is -1.55. The quantitative estimate of drug-likeness (QED) is 0.764. The van der Waals surface area contributed by atoms with E-state index >= 15 is 0 Å². The predicted molar refractivity (Wildman–Crippen MR) is 68.3 cm³/mol. The maximum absolute atomic E-state index is 11.4. The molecule has 6 heteroatoms. The molecule has 0 aromatic heterocycles. The lowest BCUT2D eigenvalue weighted by atomic mass is 10.2. The van der Waals surface area contributed by atoms with Crippen LogP contribution < -0.4 is 5.73 Å². The molecule has 0 aliphatic carbocycles. The molecule has 0 radical (unpaired) electrons. The summed E-state index contributed by atoms with van der Waals surface area (Å²) in [4.78, 5) is 21.7. The van der Waals surface area contributed by atoms with Crippen LogP contribution in [-0.2, 0) is 20.9 Å². The van der Waals surface area contributed by atoms with Crippen molar-refractivity contribution in [3.8, 4) is 0 Å². The first-order valence-electron chi connectivity index (χ1n) is 5.27. The molecule has 0 bridgehead atoms. The summed E-state index contributed by atoms with van der Waals surface area (Å²) < 4.78 is 4.97. The molecule has 5 nitrogen and oxygen atoms in total. The second-order valence-electron chi connectivity index (χ2n) is 3.63. The molecule has 0 fully saturated rings. The largest absolute Gasteiger partial charge is 0.481 e. The number of ether oxygens (including phenoxy) is 1. The van der Waals surface area contributed by atoms with Crippen molar-refractivity contribution >= 4 is 24.3 Å².